The van der Waals surface area contributed by atoms with Gasteiger partial charge in [-0.3, -0.25) is 0 Å². The van der Waals surface area contributed by atoms with Crippen molar-refractivity contribution in [1.82, 2.24) is 20.2 Å². The molecule has 0 radical (unpaired) electrons. The average molecular weight is 390 g/mol. The van der Waals surface area contributed by atoms with Gasteiger partial charge in [-0.25, -0.2) is 9.97 Å². The summed E-state index contributed by atoms with van der Waals surface area (Å²) >= 11 is 0. The van der Waals surface area contributed by atoms with Gasteiger partial charge in [-0.2, -0.15) is 0 Å². The zero-order valence-electron chi connectivity index (χ0n) is 16.2. The van der Waals surface area contributed by atoms with Crippen LogP contribution in [0.15, 0.2) is 41.0 Å². The number of benzene rings is 1. The Hall–Kier alpha value is -3.26. The lowest BCUT2D eigenvalue weighted by atomic mass is 10.0. The minimum absolute atomic E-state index is 0.0588. The summed E-state index contributed by atoms with van der Waals surface area (Å²) in [4.78, 5) is 11.8. The molecule has 8 heteroatoms. The molecule has 0 saturated carbocycles. The SMILES string of the molecule is COC[C@@H]1CCCN1c1ccnc(C2=CCc3ccc(-c4nnc(N)o4)cc32)n1. The van der Waals surface area contributed by atoms with Crippen molar-refractivity contribution in [2.45, 2.75) is 25.3 Å². The largest absolute Gasteiger partial charge is 0.404 e. The molecule has 1 saturated heterocycles. The third-order valence-corrected chi connectivity index (χ3v) is 5.53. The van der Waals surface area contributed by atoms with Gasteiger partial charge in [0.05, 0.1) is 12.6 Å². The van der Waals surface area contributed by atoms with E-state index < -0.39 is 0 Å². The van der Waals surface area contributed by atoms with Crippen molar-refractivity contribution in [1.29, 1.82) is 0 Å². The smallest absolute Gasteiger partial charge is 0.313 e. The molecule has 1 aliphatic carbocycles. The first-order valence-corrected chi connectivity index (χ1v) is 9.75. The Morgan fingerprint density at radius 3 is 3.03 bits per heavy atom. The van der Waals surface area contributed by atoms with Crippen LogP contribution in [0.25, 0.3) is 17.0 Å². The van der Waals surface area contributed by atoms with Gasteiger partial charge in [-0.15, -0.1) is 5.10 Å². The first kappa shape index (κ1) is 17.8. The van der Waals surface area contributed by atoms with E-state index in [-0.39, 0.29) is 6.01 Å². The summed E-state index contributed by atoms with van der Waals surface area (Å²) in [5.41, 5.74) is 9.74. The summed E-state index contributed by atoms with van der Waals surface area (Å²) in [5, 5.41) is 7.74. The van der Waals surface area contributed by atoms with Gasteiger partial charge in [0.25, 0.3) is 0 Å². The van der Waals surface area contributed by atoms with Crippen LogP contribution in [-0.2, 0) is 11.2 Å². The highest BCUT2D eigenvalue weighted by Gasteiger charge is 2.27. The van der Waals surface area contributed by atoms with Crippen molar-refractivity contribution >= 4 is 17.4 Å². The van der Waals surface area contributed by atoms with Crippen molar-refractivity contribution in [3.8, 4) is 11.5 Å². The lowest BCUT2D eigenvalue weighted by Gasteiger charge is -2.25. The van der Waals surface area contributed by atoms with E-state index in [1.54, 1.807) is 7.11 Å². The van der Waals surface area contributed by atoms with Gasteiger partial charge in [0.15, 0.2) is 5.82 Å². The highest BCUT2D eigenvalue weighted by atomic mass is 16.5. The number of nitrogen functional groups attached to an aromatic ring is 1. The first-order valence-electron chi connectivity index (χ1n) is 9.75. The molecular formula is C21H22N6O2. The normalized spacial score (nSPS) is 18.2. The van der Waals surface area contributed by atoms with Crippen LogP contribution in [0, 0.1) is 0 Å². The van der Waals surface area contributed by atoms with Crippen molar-refractivity contribution in [2.75, 3.05) is 30.9 Å². The number of hydrogen-bond donors (Lipinski definition) is 1. The quantitative estimate of drug-likeness (QED) is 0.709. The number of nitrogens with two attached hydrogens (primary N) is 1. The molecule has 0 bridgehead atoms. The Bertz CT molecular complexity index is 1080. The summed E-state index contributed by atoms with van der Waals surface area (Å²) < 4.78 is 10.8. The molecule has 29 heavy (non-hydrogen) atoms. The topological polar surface area (TPSA) is 103 Å². The van der Waals surface area contributed by atoms with Gasteiger partial charge in [0.1, 0.15) is 5.82 Å². The lowest BCUT2D eigenvalue weighted by Crippen LogP contribution is -2.33. The molecular weight excluding hydrogens is 368 g/mol. The molecule has 148 valence electrons. The van der Waals surface area contributed by atoms with E-state index in [0.29, 0.717) is 18.5 Å². The molecule has 8 nitrogen and oxygen atoms in total. The number of methoxy groups -OCH3 is 1. The number of rotatable bonds is 5. The summed E-state index contributed by atoms with van der Waals surface area (Å²) in [6, 6.07) is 8.49. The minimum Gasteiger partial charge on any atom is -0.404 e. The van der Waals surface area contributed by atoms with Crippen LogP contribution in [-0.4, -0.2) is 46.5 Å². The molecule has 0 unspecified atom stereocenters. The number of hydrogen-bond acceptors (Lipinski definition) is 8. The summed E-state index contributed by atoms with van der Waals surface area (Å²) in [7, 11) is 1.75. The molecule has 0 amide bonds. The van der Waals surface area contributed by atoms with Gasteiger partial charge in [0.2, 0.25) is 5.89 Å². The molecule has 2 aliphatic rings. The molecule has 5 rings (SSSR count). The monoisotopic (exact) mass is 390 g/mol. The van der Waals surface area contributed by atoms with Crippen LogP contribution in [0.3, 0.4) is 0 Å². The second-order valence-electron chi connectivity index (χ2n) is 7.32. The fraction of sp³-hybridized carbons (Fsp3) is 0.333. The Labute approximate surface area is 168 Å². The minimum atomic E-state index is 0.0588. The van der Waals surface area contributed by atoms with E-state index in [1.165, 1.54) is 5.56 Å². The second kappa shape index (κ2) is 7.29. The van der Waals surface area contributed by atoms with Crippen LogP contribution < -0.4 is 10.6 Å². The highest BCUT2D eigenvalue weighted by molar-refractivity contribution is 5.84. The number of aromatic nitrogens is 4. The molecule has 0 spiro atoms. The van der Waals surface area contributed by atoms with E-state index in [9.17, 15) is 0 Å². The fourth-order valence-electron chi connectivity index (χ4n) is 4.17. The third-order valence-electron chi connectivity index (χ3n) is 5.53. The zero-order chi connectivity index (χ0) is 19.8. The maximum Gasteiger partial charge on any atom is 0.313 e. The van der Waals surface area contributed by atoms with Gasteiger partial charge in [-0.05, 0) is 48.6 Å². The number of ether oxygens (including phenoxy) is 1. The zero-order valence-corrected chi connectivity index (χ0v) is 16.2. The Morgan fingerprint density at radius 1 is 1.28 bits per heavy atom. The lowest BCUT2D eigenvalue weighted by molar-refractivity contribution is 0.180. The maximum absolute atomic E-state index is 5.57. The van der Waals surface area contributed by atoms with Crippen molar-refractivity contribution in [3.05, 3.63) is 53.5 Å². The molecule has 1 aromatic carbocycles. The van der Waals surface area contributed by atoms with Gasteiger partial charge in [0, 0.05) is 31.0 Å². The van der Waals surface area contributed by atoms with Crippen LogP contribution >= 0.6 is 0 Å². The number of nitrogens with zero attached hydrogens (tertiary/aromatic N) is 5. The molecule has 2 N–H and O–H groups in total. The molecule has 1 atom stereocenters. The van der Waals surface area contributed by atoms with E-state index in [4.69, 9.17) is 19.9 Å². The van der Waals surface area contributed by atoms with Crippen LogP contribution in [0.4, 0.5) is 11.8 Å². The number of fused-ring (bicyclic) bond motifs is 1. The fourth-order valence-corrected chi connectivity index (χ4v) is 4.17. The number of allylic oxidation sites excluding steroid dienone is 1. The molecule has 3 aromatic rings. The predicted octanol–water partition coefficient (Wildman–Crippen LogP) is 2.71. The maximum atomic E-state index is 5.57. The van der Waals surface area contributed by atoms with Crippen LogP contribution in [0.2, 0.25) is 0 Å². The standard InChI is InChI=1S/C21H22N6O2/c1-28-12-15-3-2-10-27(15)18-8-9-23-19(24-18)16-7-6-13-4-5-14(11-17(13)16)20-25-26-21(22)29-20/h4-5,7-9,11,15H,2-3,6,10,12H2,1H3,(H2,22,26)/t15-/m0/s1. The van der Waals surface area contributed by atoms with Crippen molar-refractivity contribution in [3.63, 3.8) is 0 Å². The molecule has 1 fully saturated rings. The van der Waals surface area contributed by atoms with E-state index in [2.05, 4.69) is 32.2 Å². The van der Waals surface area contributed by atoms with Crippen LogP contribution in [0.1, 0.15) is 29.8 Å². The van der Waals surface area contributed by atoms with E-state index in [0.717, 1.165) is 54.1 Å². The van der Waals surface area contributed by atoms with Crippen molar-refractivity contribution < 1.29 is 9.15 Å². The summed E-state index contributed by atoms with van der Waals surface area (Å²) in [6.07, 6.45) is 7.12. The Morgan fingerprint density at radius 2 is 2.21 bits per heavy atom. The Kier molecular flexibility index (Phi) is 4.48. The summed E-state index contributed by atoms with van der Waals surface area (Å²) in [5.74, 6) is 2.09. The molecule has 3 heterocycles. The molecule has 1 aliphatic heterocycles. The number of anilines is 2. The predicted molar refractivity (Wildman–Crippen MR) is 109 cm³/mol. The first-order chi connectivity index (χ1) is 14.2. The van der Waals surface area contributed by atoms with Crippen LogP contribution in [0.5, 0.6) is 0 Å². The average Bonchev–Trinajstić information content (AvgIpc) is 3.47. The third kappa shape index (κ3) is 3.25. The van der Waals surface area contributed by atoms with Gasteiger partial charge >= 0.3 is 6.01 Å². The summed E-state index contributed by atoms with van der Waals surface area (Å²) in [6.45, 7) is 1.70. The van der Waals surface area contributed by atoms with E-state index in [1.807, 2.05) is 24.4 Å². The highest BCUT2D eigenvalue weighted by Crippen LogP contribution is 2.35. The second-order valence-corrected chi connectivity index (χ2v) is 7.32. The van der Waals surface area contributed by atoms with Gasteiger partial charge < -0.3 is 19.8 Å². The Balaban J connectivity index is 1.48. The molecule has 2 aromatic heterocycles. The van der Waals surface area contributed by atoms with Gasteiger partial charge in [-0.1, -0.05) is 17.2 Å². The van der Waals surface area contributed by atoms with Crippen molar-refractivity contribution in [2.24, 2.45) is 0 Å². The van der Waals surface area contributed by atoms with E-state index >= 15 is 0 Å².